The van der Waals surface area contributed by atoms with Crippen LogP contribution in [0.1, 0.15) is 0 Å². The molecule has 1 aliphatic rings. The number of benzene rings is 8. The SMILES string of the molecule is c1ccc(-c2nc(-c3ccc4c(c3)Sc3cccc5c6c7ccccc7n(-c7ccccc7)c6n-4c35)nc(-c3ccc(-c4ccccc4)c4ccccc34)n2)cc1. The number of hydrogen-bond donors (Lipinski definition) is 0. The third kappa shape index (κ3) is 4.94. The Labute approximate surface area is 332 Å². The van der Waals surface area contributed by atoms with Gasteiger partial charge in [0.1, 0.15) is 5.65 Å². The molecule has 8 aromatic carbocycles. The van der Waals surface area contributed by atoms with Crippen molar-refractivity contribution in [1.29, 1.82) is 0 Å². The molecule has 0 fully saturated rings. The summed E-state index contributed by atoms with van der Waals surface area (Å²) in [6.07, 6.45) is 0. The van der Waals surface area contributed by atoms with Crippen LogP contribution in [0.2, 0.25) is 0 Å². The van der Waals surface area contributed by atoms with E-state index in [0.717, 1.165) is 43.7 Å². The van der Waals surface area contributed by atoms with Gasteiger partial charge in [-0.05, 0) is 70.4 Å². The van der Waals surface area contributed by atoms with Gasteiger partial charge in [-0.25, -0.2) is 15.0 Å². The van der Waals surface area contributed by atoms with Crippen molar-refractivity contribution in [2.45, 2.75) is 9.79 Å². The lowest BCUT2D eigenvalue weighted by molar-refractivity contribution is 1.02. The second-order valence-electron chi connectivity index (χ2n) is 14.4. The summed E-state index contributed by atoms with van der Waals surface area (Å²) in [7, 11) is 0. The smallest absolute Gasteiger partial charge is 0.164 e. The highest BCUT2D eigenvalue weighted by Crippen LogP contribution is 2.50. The zero-order chi connectivity index (χ0) is 37.5. The Bertz CT molecular complexity index is 3370. The fraction of sp³-hybridized carbons (Fsp3) is 0. The summed E-state index contributed by atoms with van der Waals surface area (Å²) in [5.41, 5.74) is 11.1. The van der Waals surface area contributed by atoms with E-state index in [1.54, 1.807) is 0 Å². The molecule has 57 heavy (non-hydrogen) atoms. The molecule has 0 atom stereocenters. The van der Waals surface area contributed by atoms with E-state index in [1.165, 1.54) is 48.9 Å². The van der Waals surface area contributed by atoms with E-state index >= 15 is 0 Å². The molecule has 0 aliphatic carbocycles. The van der Waals surface area contributed by atoms with Gasteiger partial charge in [0.05, 0.1) is 16.7 Å². The molecule has 0 amide bonds. The van der Waals surface area contributed by atoms with Crippen LogP contribution in [0.15, 0.2) is 198 Å². The molecule has 5 nitrogen and oxygen atoms in total. The number of rotatable bonds is 5. The monoisotopic (exact) mass is 745 g/mol. The predicted octanol–water partition coefficient (Wildman–Crippen LogP) is 13.2. The molecule has 0 unspecified atom stereocenters. The van der Waals surface area contributed by atoms with Crippen molar-refractivity contribution in [1.82, 2.24) is 24.1 Å². The van der Waals surface area contributed by atoms with Crippen molar-refractivity contribution in [3.05, 3.63) is 188 Å². The Morgan fingerprint density at radius 2 is 0.982 bits per heavy atom. The van der Waals surface area contributed by atoms with Crippen LogP contribution in [0.4, 0.5) is 0 Å². The fourth-order valence-corrected chi connectivity index (χ4v) is 9.79. The molecule has 3 aromatic heterocycles. The van der Waals surface area contributed by atoms with E-state index in [9.17, 15) is 0 Å². The average molecular weight is 746 g/mol. The third-order valence-electron chi connectivity index (χ3n) is 11.2. The minimum Gasteiger partial charge on any atom is -0.295 e. The largest absolute Gasteiger partial charge is 0.295 e. The van der Waals surface area contributed by atoms with Crippen LogP contribution in [-0.4, -0.2) is 24.1 Å². The standard InChI is InChI=1S/C51H31N5S/c1-4-15-32(16-5-1)36-28-29-39(38-22-11-10-21-37(36)38)50-53-48(33-17-6-2-7-18-33)52-49(54-50)34-27-30-43-45(31-34)57-44-26-14-24-41-46-40-23-12-13-25-42(40)55(35-19-8-3-9-20-35)51(46)56(43)47(41)44/h1-31H. The molecule has 0 saturated heterocycles. The van der Waals surface area contributed by atoms with Gasteiger partial charge in [0.25, 0.3) is 0 Å². The zero-order valence-corrected chi connectivity index (χ0v) is 31.4. The van der Waals surface area contributed by atoms with Crippen LogP contribution in [0.3, 0.4) is 0 Å². The Morgan fingerprint density at radius 1 is 0.386 bits per heavy atom. The van der Waals surface area contributed by atoms with Gasteiger partial charge in [-0.3, -0.25) is 9.13 Å². The summed E-state index contributed by atoms with van der Waals surface area (Å²) in [5, 5.41) is 6.03. The first-order chi connectivity index (χ1) is 28.3. The minimum absolute atomic E-state index is 0.638. The molecule has 266 valence electrons. The van der Waals surface area contributed by atoms with Gasteiger partial charge in [-0.1, -0.05) is 151 Å². The van der Waals surface area contributed by atoms with Crippen molar-refractivity contribution in [3.8, 4) is 56.7 Å². The highest BCUT2D eigenvalue weighted by Gasteiger charge is 2.28. The molecule has 11 aromatic rings. The number of fused-ring (bicyclic) bond motifs is 8. The van der Waals surface area contributed by atoms with Crippen LogP contribution in [0, 0.1) is 0 Å². The molecule has 0 radical (unpaired) electrons. The fourth-order valence-electron chi connectivity index (χ4n) is 8.66. The maximum absolute atomic E-state index is 5.26. The predicted molar refractivity (Wildman–Crippen MR) is 234 cm³/mol. The van der Waals surface area contributed by atoms with Crippen LogP contribution in [-0.2, 0) is 0 Å². The molecular weight excluding hydrogens is 715 g/mol. The molecule has 0 spiro atoms. The molecule has 4 heterocycles. The second kappa shape index (κ2) is 12.6. The minimum atomic E-state index is 0.638. The lowest BCUT2D eigenvalue weighted by Crippen LogP contribution is -2.06. The maximum atomic E-state index is 5.26. The van der Waals surface area contributed by atoms with Crippen molar-refractivity contribution in [3.63, 3.8) is 0 Å². The Morgan fingerprint density at radius 3 is 1.75 bits per heavy atom. The van der Waals surface area contributed by atoms with Crippen molar-refractivity contribution in [2.75, 3.05) is 0 Å². The lowest BCUT2D eigenvalue weighted by Gasteiger charge is -2.22. The third-order valence-corrected chi connectivity index (χ3v) is 12.3. The topological polar surface area (TPSA) is 48.5 Å². The summed E-state index contributed by atoms with van der Waals surface area (Å²) >= 11 is 1.81. The summed E-state index contributed by atoms with van der Waals surface area (Å²) in [5.74, 6) is 1.92. The first kappa shape index (κ1) is 32.0. The summed E-state index contributed by atoms with van der Waals surface area (Å²) in [6, 6.07) is 66.5. The van der Waals surface area contributed by atoms with E-state index in [0.29, 0.717) is 17.5 Å². The molecule has 1 aliphatic heterocycles. The Hall–Kier alpha value is -7.28. The molecule has 0 saturated carbocycles. The highest BCUT2D eigenvalue weighted by molar-refractivity contribution is 7.99. The first-order valence-corrected chi connectivity index (χ1v) is 19.9. The lowest BCUT2D eigenvalue weighted by atomic mass is 9.95. The maximum Gasteiger partial charge on any atom is 0.164 e. The first-order valence-electron chi connectivity index (χ1n) is 19.1. The number of hydrogen-bond acceptors (Lipinski definition) is 4. The quantitative estimate of drug-likeness (QED) is 0.176. The van der Waals surface area contributed by atoms with Gasteiger partial charge >= 0.3 is 0 Å². The van der Waals surface area contributed by atoms with E-state index in [2.05, 4.69) is 179 Å². The zero-order valence-electron chi connectivity index (χ0n) is 30.5. The van der Waals surface area contributed by atoms with E-state index in [-0.39, 0.29) is 0 Å². The average Bonchev–Trinajstić information content (AvgIpc) is 3.81. The van der Waals surface area contributed by atoms with Gasteiger partial charge in [-0.2, -0.15) is 0 Å². The van der Waals surface area contributed by atoms with Gasteiger partial charge in [0.15, 0.2) is 17.5 Å². The summed E-state index contributed by atoms with van der Waals surface area (Å²) in [4.78, 5) is 17.9. The van der Waals surface area contributed by atoms with Crippen LogP contribution < -0.4 is 0 Å². The van der Waals surface area contributed by atoms with E-state index in [4.69, 9.17) is 15.0 Å². The van der Waals surface area contributed by atoms with Crippen molar-refractivity contribution >= 4 is 55.4 Å². The van der Waals surface area contributed by atoms with E-state index in [1.807, 2.05) is 30.0 Å². The van der Waals surface area contributed by atoms with Gasteiger partial charge in [-0.15, -0.1) is 0 Å². The Balaban J connectivity index is 1.07. The van der Waals surface area contributed by atoms with Crippen molar-refractivity contribution in [2.24, 2.45) is 0 Å². The number of para-hydroxylation sites is 3. The van der Waals surface area contributed by atoms with Gasteiger partial charge in [0.2, 0.25) is 0 Å². The summed E-state index contributed by atoms with van der Waals surface area (Å²) < 4.78 is 4.89. The number of aromatic nitrogens is 5. The van der Waals surface area contributed by atoms with Crippen LogP contribution in [0.5, 0.6) is 0 Å². The van der Waals surface area contributed by atoms with Crippen LogP contribution >= 0.6 is 11.8 Å². The summed E-state index contributed by atoms with van der Waals surface area (Å²) in [6.45, 7) is 0. The van der Waals surface area contributed by atoms with Gasteiger partial charge < -0.3 is 0 Å². The molecular formula is C51H31N5S. The molecule has 12 rings (SSSR count). The molecule has 6 heteroatoms. The Kier molecular flexibility index (Phi) is 7.09. The van der Waals surface area contributed by atoms with Gasteiger partial charge in [0, 0.05) is 48.3 Å². The van der Waals surface area contributed by atoms with Crippen LogP contribution in [0.25, 0.3) is 100 Å². The second-order valence-corrected chi connectivity index (χ2v) is 15.5. The molecule has 0 bridgehead atoms. The van der Waals surface area contributed by atoms with E-state index < -0.39 is 0 Å². The normalized spacial score (nSPS) is 12.1. The molecule has 0 N–H and O–H groups in total. The van der Waals surface area contributed by atoms with Crippen molar-refractivity contribution < 1.29 is 0 Å². The number of nitrogens with zero attached hydrogens (tertiary/aromatic N) is 5. The highest BCUT2D eigenvalue weighted by atomic mass is 32.2.